The van der Waals surface area contributed by atoms with Crippen molar-refractivity contribution in [2.45, 2.75) is 51.5 Å². The minimum atomic E-state index is -0.556. The smallest absolute Gasteiger partial charge is 0.237 e. The van der Waals surface area contributed by atoms with Gasteiger partial charge in [-0.3, -0.25) is 4.79 Å². The zero-order valence-electron chi connectivity index (χ0n) is 14.0. The number of hydrogen-bond acceptors (Lipinski definition) is 4. The van der Waals surface area contributed by atoms with Gasteiger partial charge in [0.1, 0.15) is 0 Å². The summed E-state index contributed by atoms with van der Waals surface area (Å²) in [6.07, 6.45) is 5.22. The van der Waals surface area contributed by atoms with Crippen LogP contribution in [0, 0.1) is 5.92 Å². The van der Waals surface area contributed by atoms with Crippen molar-refractivity contribution >= 4 is 5.91 Å². The number of carbonyl (C=O) groups is 1. The molecule has 124 valence electrons. The van der Waals surface area contributed by atoms with E-state index in [-0.39, 0.29) is 5.91 Å². The van der Waals surface area contributed by atoms with Gasteiger partial charge in [-0.15, -0.1) is 0 Å². The summed E-state index contributed by atoms with van der Waals surface area (Å²) in [4.78, 5) is 14.1. The fourth-order valence-electron chi connectivity index (χ4n) is 3.00. The summed E-state index contributed by atoms with van der Waals surface area (Å²) in [5, 5.41) is 3.29. The number of nitrogens with one attached hydrogen (secondary N) is 1. The average molecular weight is 299 g/mol. The monoisotopic (exact) mass is 299 g/mol. The van der Waals surface area contributed by atoms with Crippen LogP contribution in [0.4, 0.5) is 0 Å². The number of primary amides is 1. The first-order valence-electron chi connectivity index (χ1n) is 8.28. The maximum absolute atomic E-state index is 11.6. The molecule has 0 spiro atoms. The van der Waals surface area contributed by atoms with Crippen molar-refractivity contribution in [3.63, 3.8) is 0 Å². The number of unbranched alkanes of at least 4 members (excludes halogenated alkanes) is 1. The molecular formula is C16H33N3O2. The van der Waals surface area contributed by atoms with Gasteiger partial charge in [-0.25, -0.2) is 0 Å². The van der Waals surface area contributed by atoms with Gasteiger partial charge in [0.25, 0.3) is 0 Å². The number of nitrogens with two attached hydrogens (primary N) is 1. The van der Waals surface area contributed by atoms with E-state index in [1.165, 1.54) is 13.0 Å². The minimum Gasteiger partial charge on any atom is -0.384 e. The average Bonchev–Trinajstić information content (AvgIpc) is 2.89. The first-order valence-corrected chi connectivity index (χ1v) is 8.28. The van der Waals surface area contributed by atoms with E-state index >= 15 is 0 Å². The van der Waals surface area contributed by atoms with Crippen LogP contribution in [0.2, 0.25) is 0 Å². The highest BCUT2D eigenvalue weighted by Gasteiger charge is 2.29. The molecule has 1 heterocycles. The van der Waals surface area contributed by atoms with E-state index in [1.807, 2.05) is 6.92 Å². The van der Waals surface area contributed by atoms with Crippen LogP contribution < -0.4 is 11.1 Å². The molecule has 0 aromatic carbocycles. The van der Waals surface area contributed by atoms with Crippen molar-refractivity contribution in [3.8, 4) is 0 Å². The van der Waals surface area contributed by atoms with Crippen molar-refractivity contribution < 1.29 is 9.53 Å². The third-order valence-electron chi connectivity index (χ3n) is 4.48. The van der Waals surface area contributed by atoms with E-state index in [9.17, 15) is 4.79 Å². The summed E-state index contributed by atoms with van der Waals surface area (Å²) in [5.74, 6) is 0.453. The van der Waals surface area contributed by atoms with Crippen molar-refractivity contribution in [2.75, 3.05) is 39.9 Å². The lowest BCUT2D eigenvalue weighted by Crippen LogP contribution is -2.53. The number of rotatable bonds is 11. The Labute approximate surface area is 129 Å². The van der Waals surface area contributed by atoms with Crippen LogP contribution in [0.1, 0.15) is 46.0 Å². The van der Waals surface area contributed by atoms with E-state index in [2.05, 4.69) is 17.1 Å². The minimum absolute atomic E-state index is 0.239. The van der Waals surface area contributed by atoms with Crippen LogP contribution in [-0.4, -0.2) is 56.2 Å². The second-order valence-corrected chi connectivity index (χ2v) is 6.49. The second kappa shape index (κ2) is 9.38. The van der Waals surface area contributed by atoms with Gasteiger partial charge in [-0.05, 0) is 64.6 Å². The Morgan fingerprint density at radius 1 is 1.48 bits per heavy atom. The zero-order chi connectivity index (χ0) is 15.7. The van der Waals surface area contributed by atoms with Gasteiger partial charge in [0.2, 0.25) is 5.91 Å². The van der Waals surface area contributed by atoms with Gasteiger partial charge >= 0.3 is 0 Å². The lowest BCUT2D eigenvalue weighted by molar-refractivity contribution is -0.124. The van der Waals surface area contributed by atoms with E-state index in [4.69, 9.17) is 10.5 Å². The Morgan fingerprint density at radius 2 is 2.24 bits per heavy atom. The molecular weight excluding hydrogens is 266 g/mol. The van der Waals surface area contributed by atoms with E-state index in [1.54, 1.807) is 7.11 Å². The third kappa shape index (κ3) is 6.32. The molecule has 2 unspecified atom stereocenters. The molecule has 0 aromatic rings. The zero-order valence-corrected chi connectivity index (χ0v) is 14.0. The second-order valence-electron chi connectivity index (χ2n) is 6.49. The highest BCUT2D eigenvalue weighted by atomic mass is 16.5. The van der Waals surface area contributed by atoms with Crippen molar-refractivity contribution in [2.24, 2.45) is 11.7 Å². The Balaban J connectivity index is 2.21. The molecule has 3 N–H and O–H groups in total. The third-order valence-corrected chi connectivity index (χ3v) is 4.48. The van der Waals surface area contributed by atoms with Gasteiger partial charge in [-0.2, -0.15) is 0 Å². The number of likely N-dealkylation sites (tertiary alicyclic amines) is 1. The number of ether oxygens (including phenoxy) is 1. The molecule has 21 heavy (non-hydrogen) atoms. The van der Waals surface area contributed by atoms with Gasteiger partial charge in [0.15, 0.2) is 0 Å². The molecule has 1 amide bonds. The number of amides is 1. The molecule has 1 saturated heterocycles. The van der Waals surface area contributed by atoms with E-state index in [0.717, 1.165) is 51.9 Å². The van der Waals surface area contributed by atoms with Crippen LogP contribution in [0.5, 0.6) is 0 Å². The molecule has 0 aromatic heterocycles. The maximum Gasteiger partial charge on any atom is 0.237 e. The fraction of sp³-hybridized carbons (Fsp3) is 0.938. The first kappa shape index (κ1) is 18.4. The Morgan fingerprint density at radius 3 is 2.86 bits per heavy atom. The summed E-state index contributed by atoms with van der Waals surface area (Å²) in [5.41, 5.74) is 4.99. The van der Waals surface area contributed by atoms with Gasteiger partial charge in [-0.1, -0.05) is 6.92 Å². The number of carbonyl (C=O) groups excluding carboxylic acids is 1. The molecule has 1 fully saturated rings. The number of methoxy groups -OCH3 is 1. The van der Waals surface area contributed by atoms with E-state index < -0.39 is 5.54 Å². The summed E-state index contributed by atoms with van der Waals surface area (Å²) in [6, 6.07) is 0. The van der Waals surface area contributed by atoms with Crippen LogP contribution in [-0.2, 0) is 9.53 Å². The normalized spacial score (nSPS) is 22.3. The summed E-state index contributed by atoms with van der Waals surface area (Å²) >= 11 is 0. The summed E-state index contributed by atoms with van der Waals surface area (Å²) in [6.45, 7) is 9.17. The van der Waals surface area contributed by atoms with Crippen LogP contribution in [0.15, 0.2) is 0 Å². The van der Waals surface area contributed by atoms with Crippen LogP contribution >= 0.6 is 0 Å². The topological polar surface area (TPSA) is 67.6 Å². The lowest BCUT2D eigenvalue weighted by Gasteiger charge is -2.28. The van der Waals surface area contributed by atoms with Gasteiger partial charge < -0.3 is 20.7 Å². The molecule has 0 bridgehead atoms. The summed E-state index contributed by atoms with van der Waals surface area (Å²) in [7, 11) is 1.77. The highest BCUT2D eigenvalue weighted by molar-refractivity contribution is 5.84. The Bertz CT molecular complexity index is 312. The largest absolute Gasteiger partial charge is 0.384 e. The van der Waals surface area contributed by atoms with Crippen LogP contribution in [0.3, 0.4) is 0 Å². The fourth-order valence-corrected chi connectivity index (χ4v) is 3.00. The molecule has 1 rings (SSSR count). The maximum atomic E-state index is 11.6. The number of hydrogen-bond donors (Lipinski definition) is 2. The predicted octanol–water partition coefficient (Wildman–Crippen LogP) is 1.37. The molecule has 0 aliphatic carbocycles. The predicted molar refractivity (Wildman–Crippen MR) is 86.2 cm³/mol. The highest BCUT2D eigenvalue weighted by Crippen LogP contribution is 2.18. The van der Waals surface area contributed by atoms with Crippen molar-refractivity contribution in [1.29, 1.82) is 0 Å². The Hall–Kier alpha value is -0.650. The molecule has 1 aliphatic rings. The Kier molecular flexibility index (Phi) is 8.22. The quantitative estimate of drug-likeness (QED) is 0.565. The van der Waals surface area contributed by atoms with Crippen molar-refractivity contribution in [1.82, 2.24) is 10.2 Å². The molecule has 5 heteroatoms. The molecule has 0 radical (unpaired) electrons. The van der Waals surface area contributed by atoms with Crippen molar-refractivity contribution in [3.05, 3.63) is 0 Å². The lowest BCUT2D eigenvalue weighted by atomic mass is 9.93. The molecule has 5 nitrogen and oxygen atoms in total. The van der Waals surface area contributed by atoms with E-state index in [0.29, 0.717) is 5.92 Å². The number of nitrogens with zero attached hydrogens (tertiary/aromatic N) is 1. The standard InChI is InChI=1S/C16H33N3O2/c1-4-9-18-16(2,15(17)20)8-5-6-10-19-11-7-14(12-19)13-21-3/h14,18H,4-13H2,1-3H3,(H2,17,20). The summed E-state index contributed by atoms with van der Waals surface area (Å²) < 4.78 is 5.22. The molecule has 1 aliphatic heterocycles. The first-order chi connectivity index (χ1) is 10.0. The molecule has 0 saturated carbocycles. The SMILES string of the molecule is CCCNC(C)(CCCCN1CCC(COC)C1)C(N)=O. The van der Waals surface area contributed by atoms with Gasteiger partial charge in [0, 0.05) is 13.7 Å². The van der Waals surface area contributed by atoms with Gasteiger partial charge in [0.05, 0.1) is 12.1 Å². The van der Waals surface area contributed by atoms with Crippen LogP contribution in [0.25, 0.3) is 0 Å². The molecule has 2 atom stereocenters.